The van der Waals surface area contributed by atoms with Crippen molar-refractivity contribution in [1.82, 2.24) is 13.6 Å². The van der Waals surface area contributed by atoms with Crippen LogP contribution in [0.5, 0.6) is 0 Å². The molecule has 1 saturated heterocycles. The van der Waals surface area contributed by atoms with Crippen LogP contribution in [0.25, 0.3) is 5.69 Å². The van der Waals surface area contributed by atoms with E-state index in [9.17, 15) is 22.3 Å². The Hall–Kier alpha value is -3.07. The Kier molecular flexibility index (Phi) is 6.60. The summed E-state index contributed by atoms with van der Waals surface area (Å²) < 4.78 is 49.9. The van der Waals surface area contributed by atoms with Gasteiger partial charge in [-0.3, -0.25) is 13.9 Å². The molecule has 2 heterocycles. The van der Waals surface area contributed by atoms with Gasteiger partial charge in [0.1, 0.15) is 0 Å². The Labute approximate surface area is 194 Å². The Morgan fingerprint density at radius 1 is 0.909 bits per heavy atom. The minimum Gasteiger partial charge on any atom is -0.322 e. The highest BCUT2D eigenvalue weighted by atomic mass is 32.3. The van der Waals surface area contributed by atoms with E-state index >= 15 is 0 Å². The fraction of sp³-hybridized carbons (Fsp3) is 0.174. The first-order valence-corrected chi connectivity index (χ1v) is 13.5. The van der Waals surface area contributed by atoms with E-state index in [1.54, 1.807) is 47.3 Å². The van der Waals surface area contributed by atoms with Gasteiger partial charge >= 0.3 is 10.2 Å². The Morgan fingerprint density at radius 2 is 1.58 bits per heavy atom. The van der Waals surface area contributed by atoms with Crippen molar-refractivity contribution in [2.75, 3.05) is 24.6 Å². The van der Waals surface area contributed by atoms with E-state index in [0.29, 0.717) is 11.3 Å². The van der Waals surface area contributed by atoms with E-state index in [2.05, 4.69) is 16.6 Å². The largest absolute Gasteiger partial charge is 0.322 e. The van der Waals surface area contributed by atoms with Crippen LogP contribution in [0.4, 0.5) is 0 Å². The topological polar surface area (TPSA) is 112 Å². The molecule has 2 aromatic carbocycles. The van der Waals surface area contributed by atoms with Gasteiger partial charge in [-0.25, -0.2) is 4.72 Å². The fourth-order valence-electron chi connectivity index (χ4n) is 3.44. The number of nitrogens with zero attached hydrogens (tertiary/aromatic N) is 2. The second-order valence-electron chi connectivity index (χ2n) is 7.45. The van der Waals surface area contributed by atoms with E-state index in [1.807, 2.05) is 30.3 Å². The molecule has 0 unspecified atom stereocenters. The lowest BCUT2D eigenvalue weighted by Crippen LogP contribution is -2.49. The number of hydrogen-bond acceptors (Lipinski definition) is 5. The van der Waals surface area contributed by atoms with Crippen molar-refractivity contribution in [3.8, 4) is 17.5 Å². The molecule has 0 bridgehead atoms. The van der Waals surface area contributed by atoms with Gasteiger partial charge in [-0.1, -0.05) is 36.1 Å². The first kappa shape index (κ1) is 23.1. The van der Waals surface area contributed by atoms with E-state index in [-0.39, 0.29) is 30.2 Å². The summed E-state index contributed by atoms with van der Waals surface area (Å²) >= 11 is 0. The van der Waals surface area contributed by atoms with Crippen LogP contribution in [0.3, 0.4) is 0 Å². The normalized spacial score (nSPS) is 16.9. The lowest BCUT2D eigenvalue weighted by atomic mass is 10.1. The van der Waals surface area contributed by atoms with Gasteiger partial charge in [0.05, 0.1) is 22.8 Å². The molecule has 0 saturated carbocycles. The molecule has 8 nitrogen and oxygen atoms in total. The highest BCUT2D eigenvalue weighted by Gasteiger charge is 2.32. The van der Waals surface area contributed by atoms with Crippen LogP contribution < -0.4 is 4.72 Å². The third-order valence-electron chi connectivity index (χ3n) is 5.16. The van der Waals surface area contributed by atoms with Gasteiger partial charge in [-0.05, 0) is 36.4 Å². The van der Waals surface area contributed by atoms with E-state index < -0.39 is 26.7 Å². The number of para-hydroxylation sites is 1. The molecule has 0 atom stereocenters. The van der Waals surface area contributed by atoms with Crippen molar-refractivity contribution < 1.29 is 22.3 Å². The minimum atomic E-state index is -4.15. The summed E-state index contributed by atoms with van der Waals surface area (Å²) in [7, 11) is -6.92. The molecule has 33 heavy (non-hydrogen) atoms. The lowest BCUT2D eigenvalue weighted by Gasteiger charge is -2.40. The summed E-state index contributed by atoms with van der Waals surface area (Å²) in [5, 5.41) is 0. The Morgan fingerprint density at radius 3 is 2.24 bits per heavy atom. The summed E-state index contributed by atoms with van der Waals surface area (Å²) in [6.07, 6.45) is 3.51. The quantitative estimate of drug-likeness (QED) is 0.492. The number of nitrogens with one attached hydrogen (secondary N) is 1. The number of carbonyl (C=O) groups is 1. The first-order valence-electron chi connectivity index (χ1n) is 10.1. The number of hydrogen-bond donors (Lipinski definition) is 3. The highest BCUT2D eigenvalue weighted by Crippen LogP contribution is 2.40. The van der Waals surface area contributed by atoms with Gasteiger partial charge in [0, 0.05) is 36.6 Å². The number of amides is 1. The van der Waals surface area contributed by atoms with Gasteiger partial charge in [0.2, 0.25) is 0 Å². The molecule has 10 heteroatoms. The van der Waals surface area contributed by atoms with Gasteiger partial charge in [-0.2, -0.15) is 23.3 Å². The lowest BCUT2D eigenvalue weighted by molar-refractivity contribution is 0.0979. The van der Waals surface area contributed by atoms with Crippen molar-refractivity contribution in [2.45, 2.75) is 0 Å². The molecule has 0 spiro atoms. The molecule has 172 valence electrons. The third-order valence-corrected chi connectivity index (χ3v) is 8.32. The summed E-state index contributed by atoms with van der Waals surface area (Å²) in [5.41, 5.74) is 1.99. The monoisotopic (exact) mass is 485 g/mol. The van der Waals surface area contributed by atoms with Crippen LogP contribution in [0.15, 0.2) is 73.1 Å². The van der Waals surface area contributed by atoms with Gasteiger partial charge in [-0.15, -0.1) is 0 Å². The van der Waals surface area contributed by atoms with E-state index in [1.165, 1.54) is 0 Å². The number of aromatic nitrogens is 1. The van der Waals surface area contributed by atoms with Crippen LogP contribution in [-0.4, -0.2) is 56.9 Å². The molecule has 3 N–H and O–H groups in total. The van der Waals surface area contributed by atoms with Crippen molar-refractivity contribution in [3.63, 3.8) is 0 Å². The summed E-state index contributed by atoms with van der Waals surface area (Å²) in [4.78, 5) is 13.1. The molecule has 4 rings (SSSR count). The molecule has 3 aromatic rings. The molecule has 1 fully saturated rings. The zero-order chi connectivity index (χ0) is 23.5. The minimum absolute atomic E-state index is 0.0543. The van der Waals surface area contributed by atoms with Crippen LogP contribution in [0.2, 0.25) is 0 Å². The molecule has 1 aliphatic heterocycles. The van der Waals surface area contributed by atoms with Crippen molar-refractivity contribution in [3.05, 3.63) is 89.7 Å². The zero-order valence-corrected chi connectivity index (χ0v) is 19.2. The molecular formula is C23H23N3O5S2. The number of carbonyl (C=O) groups excluding carboxylic acids is 1. The number of benzene rings is 2. The van der Waals surface area contributed by atoms with E-state index in [4.69, 9.17) is 0 Å². The zero-order valence-electron chi connectivity index (χ0n) is 17.6. The molecular weight excluding hydrogens is 462 g/mol. The number of rotatable bonds is 4. The maximum Gasteiger partial charge on any atom is 0.304 e. The van der Waals surface area contributed by atoms with Gasteiger partial charge in [0.15, 0.2) is 0 Å². The second kappa shape index (κ2) is 9.43. The Bertz CT molecular complexity index is 1300. The average Bonchev–Trinajstić information content (AvgIpc) is 3.32. The summed E-state index contributed by atoms with van der Waals surface area (Å²) in [5.74, 6) is 5.25. The van der Waals surface area contributed by atoms with Crippen LogP contribution in [0, 0.1) is 11.8 Å². The molecule has 1 amide bonds. The summed E-state index contributed by atoms with van der Waals surface area (Å²) in [6.45, 7) is -0.143. The van der Waals surface area contributed by atoms with Gasteiger partial charge < -0.3 is 4.57 Å². The fourth-order valence-corrected chi connectivity index (χ4v) is 6.03. The third kappa shape index (κ3) is 5.47. The molecule has 1 aliphatic rings. The highest BCUT2D eigenvalue weighted by molar-refractivity contribution is 8.24. The first-order chi connectivity index (χ1) is 15.8. The van der Waals surface area contributed by atoms with Crippen LogP contribution in [-0.2, 0) is 10.2 Å². The van der Waals surface area contributed by atoms with Crippen LogP contribution >= 0.6 is 10.6 Å². The maximum absolute atomic E-state index is 13.1. The predicted octanol–water partition coefficient (Wildman–Crippen LogP) is 2.92. The van der Waals surface area contributed by atoms with Crippen molar-refractivity contribution >= 4 is 26.7 Å². The Balaban J connectivity index is 1.66. The smallest absolute Gasteiger partial charge is 0.304 e. The maximum atomic E-state index is 13.1. The van der Waals surface area contributed by atoms with Crippen molar-refractivity contribution in [2.24, 2.45) is 0 Å². The molecule has 0 radical (unpaired) electrons. The standard InChI is InChI=1S/C23H23N3O5S2/c27-23(24-33(30,31)26-15-17-32(28,29)18-16-26)21-10-6-9-20(22(21)25-13-4-5-14-25)12-11-19-7-2-1-3-8-19/h1-10,13-14,28-29H,15-18H2,(H,24,27). The average molecular weight is 486 g/mol. The summed E-state index contributed by atoms with van der Waals surface area (Å²) in [6, 6.07) is 18.0. The second-order valence-corrected chi connectivity index (χ2v) is 11.5. The van der Waals surface area contributed by atoms with Crippen LogP contribution in [0.1, 0.15) is 21.5 Å². The van der Waals surface area contributed by atoms with Crippen molar-refractivity contribution in [1.29, 1.82) is 0 Å². The SMILES string of the molecule is O=C(NS(=O)(=O)N1CCS(O)(O)CC1)c1cccc(C#Cc2ccccc2)c1-n1cccc1. The van der Waals surface area contributed by atoms with E-state index in [0.717, 1.165) is 9.87 Å². The molecule has 1 aromatic heterocycles. The van der Waals surface area contributed by atoms with Gasteiger partial charge in [0.25, 0.3) is 5.91 Å². The predicted molar refractivity (Wildman–Crippen MR) is 129 cm³/mol. The molecule has 0 aliphatic carbocycles.